The van der Waals surface area contributed by atoms with Crippen molar-refractivity contribution in [2.45, 2.75) is 216 Å². The van der Waals surface area contributed by atoms with Crippen LogP contribution in [0.1, 0.15) is 191 Å². The van der Waals surface area contributed by atoms with Crippen LogP contribution < -0.4 is 16.0 Å². The molecule has 0 radical (unpaired) electrons. The van der Waals surface area contributed by atoms with Crippen LogP contribution in [0.4, 0.5) is 11.9 Å². The summed E-state index contributed by atoms with van der Waals surface area (Å²) in [4.78, 5) is 28.3. The highest BCUT2D eigenvalue weighted by molar-refractivity contribution is 5.82. The van der Waals surface area contributed by atoms with Gasteiger partial charge in [0, 0.05) is 84.9 Å². The third kappa shape index (κ3) is 11.6. The Kier molecular flexibility index (Phi) is 16.4. The van der Waals surface area contributed by atoms with Gasteiger partial charge in [-0.25, -0.2) is 9.97 Å². The monoisotopic (exact) mass is 949 g/mol. The summed E-state index contributed by atoms with van der Waals surface area (Å²) in [6.07, 6.45) is 31.9. The Morgan fingerprint density at radius 3 is 1.54 bits per heavy atom. The lowest BCUT2D eigenvalue weighted by Gasteiger charge is -2.42. The van der Waals surface area contributed by atoms with Gasteiger partial charge >= 0.3 is 0 Å². The lowest BCUT2D eigenvalue weighted by atomic mass is 9.88. The molecule has 6 aliphatic rings. The van der Waals surface area contributed by atoms with Gasteiger partial charge in [0.1, 0.15) is 11.3 Å². The summed E-state index contributed by atoms with van der Waals surface area (Å²) >= 11 is 0. The molecule has 0 amide bonds. The minimum Gasteiger partial charge on any atom is -0.393 e. The number of hydrogen-bond acceptors (Lipinski definition) is 12. The summed E-state index contributed by atoms with van der Waals surface area (Å²) in [6.45, 7) is 19.0. The topological polar surface area (TPSA) is 137 Å². The average Bonchev–Trinajstić information content (AvgIpc) is 3.95. The summed E-state index contributed by atoms with van der Waals surface area (Å²) < 4.78 is 11.8. The fraction of sp³-hybridized carbons (Fsp3) is 0.782. The summed E-state index contributed by atoms with van der Waals surface area (Å²) in [5.41, 5.74) is 5.11. The number of nitrogens with zero attached hydrogens (tertiary/aromatic N) is 9. The molecule has 10 rings (SSSR count). The molecule has 4 aromatic heterocycles. The number of ether oxygens (including phenoxy) is 1. The van der Waals surface area contributed by atoms with Crippen LogP contribution in [0.2, 0.25) is 0 Å². The van der Waals surface area contributed by atoms with Crippen LogP contribution in [0.3, 0.4) is 0 Å². The van der Waals surface area contributed by atoms with Crippen LogP contribution in [-0.4, -0.2) is 144 Å². The Labute approximate surface area is 413 Å². The van der Waals surface area contributed by atoms with Crippen LogP contribution >= 0.6 is 0 Å². The summed E-state index contributed by atoms with van der Waals surface area (Å²) in [7, 11) is 0. The second kappa shape index (κ2) is 23.0. The van der Waals surface area contributed by atoms with Gasteiger partial charge < -0.3 is 44.7 Å². The molecule has 0 bridgehead atoms. The van der Waals surface area contributed by atoms with Crippen molar-refractivity contribution in [1.82, 2.24) is 49.1 Å². The van der Waals surface area contributed by atoms with Gasteiger partial charge in [-0.3, -0.25) is 4.90 Å². The number of rotatable bonds is 17. The Morgan fingerprint density at radius 2 is 1.06 bits per heavy atom. The number of likely N-dealkylation sites (tertiary alicyclic amines) is 3. The van der Waals surface area contributed by atoms with Crippen LogP contribution in [-0.2, 0) is 4.74 Å². The fourth-order valence-corrected chi connectivity index (χ4v) is 13.7. The van der Waals surface area contributed by atoms with Gasteiger partial charge in [0.15, 0.2) is 0 Å². The lowest BCUT2D eigenvalue weighted by molar-refractivity contribution is -0.0545. The Morgan fingerprint density at radius 1 is 0.594 bits per heavy atom. The Balaban J connectivity index is 0.708. The second-order valence-electron chi connectivity index (χ2n) is 22.7. The normalized spacial score (nSPS) is 27.0. The van der Waals surface area contributed by atoms with Gasteiger partial charge in [-0.15, -0.1) is 0 Å². The molecule has 2 aliphatic carbocycles. The van der Waals surface area contributed by atoms with E-state index in [1.807, 2.05) is 0 Å². The van der Waals surface area contributed by atoms with Crippen molar-refractivity contribution in [2.75, 3.05) is 69.7 Å². The second-order valence-corrected chi connectivity index (χ2v) is 22.7. The average molecular weight is 949 g/mol. The van der Waals surface area contributed by atoms with E-state index >= 15 is 0 Å². The van der Waals surface area contributed by atoms with Gasteiger partial charge in [-0.1, -0.05) is 26.7 Å². The molecule has 4 saturated heterocycles. The predicted octanol–water partition coefficient (Wildman–Crippen LogP) is 9.59. The zero-order valence-electron chi connectivity index (χ0n) is 43.0. The third-order valence-electron chi connectivity index (χ3n) is 17.8. The SMILES string of the molecule is CCC[C@H](C)Nc1ncc2c(C3CCN(C4CCN(COC5CCC(n6cc(C7CCN(C8CCNCC8)CC7)c7cnc(N[C@@H](C)CCC)nc76)CC5)CC4)CC3)cn(C3CCC(O)CC3)c2n1. The van der Waals surface area contributed by atoms with Crippen LogP contribution in [0.25, 0.3) is 22.1 Å². The Bertz CT molecular complexity index is 2220. The molecule has 4 aliphatic heterocycles. The molecule has 2 saturated carbocycles. The van der Waals surface area contributed by atoms with E-state index in [0.717, 1.165) is 152 Å². The first-order valence-corrected chi connectivity index (χ1v) is 28.3. The van der Waals surface area contributed by atoms with E-state index in [2.05, 4.69) is 92.3 Å². The van der Waals surface area contributed by atoms with Crippen molar-refractivity contribution in [2.24, 2.45) is 0 Å². The van der Waals surface area contributed by atoms with E-state index in [4.69, 9.17) is 24.7 Å². The molecule has 14 heteroatoms. The molecule has 0 aromatic carbocycles. The van der Waals surface area contributed by atoms with Gasteiger partial charge in [0.25, 0.3) is 0 Å². The van der Waals surface area contributed by atoms with E-state index in [9.17, 15) is 5.11 Å². The first-order valence-electron chi connectivity index (χ1n) is 28.3. The van der Waals surface area contributed by atoms with E-state index in [-0.39, 0.29) is 6.10 Å². The molecule has 0 unspecified atom stereocenters. The van der Waals surface area contributed by atoms with Crippen LogP contribution in [0.15, 0.2) is 24.8 Å². The summed E-state index contributed by atoms with van der Waals surface area (Å²) in [5.74, 6) is 2.60. The van der Waals surface area contributed by atoms with Crippen molar-refractivity contribution in [1.29, 1.82) is 0 Å². The number of hydrogen-bond donors (Lipinski definition) is 4. The van der Waals surface area contributed by atoms with Crippen molar-refractivity contribution in [3.8, 4) is 0 Å². The minimum atomic E-state index is -0.167. The molecule has 14 nitrogen and oxygen atoms in total. The van der Waals surface area contributed by atoms with Crippen LogP contribution in [0, 0.1) is 0 Å². The van der Waals surface area contributed by atoms with Gasteiger partial charge in [0.2, 0.25) is 11.9 Å². The number of aliphatic hydroxyl groups excluding tert-OH is 1. The predicted molar refractivity (Wildman–Crippen MR) is 279 cm³/mol. The zero-order chi connectivity index (χ0) is 47.3. The number of nitrogens with one attached hydrogen (secondary N) is 3. The molecule has 69 heavy (non-hydrogen) atoms. The maximum absolute atomic E-state index is 10.3. The number of fused-ring (bicyclic) bond motifs is 2. The van der Waals surface area contributed by atoms with Crippen molar-refractivity contribution >= 4 is 34.0 Å². The maximum Gasteiger partial charge on any atom is 0.224 e. The number of aromatic nitrogens is 6. The van der Waals surface area contributed by atoms with Gasteiger partial charge in [-0.2, -0.15) is 9.97 Å². The molecule has 6 fully saturated rings. The minimum absolute atomic E-state index is 0.167. The lowest BCUT2D eigenvalue weighted by Crippen LogP contribution is -2.48. The highest BCUT2D eigenvalue weighted by atomic mass is 16.5. The molecule has 380 valence electrons. The van der Waals surface area contributed by atoms with E-state index in [0.29, 0.717) is 48.1 Å². The van der Waals surface area contributed by atoms with E-state index in [1.165, 1.54) is 86.4 Å². The highest BCUT2D eigenvalue weighted by Crippen LogP contribution is 2.41. The van der Waals surface area contributed by atoms with Gasteiger partial charge in [-0.05, 0) is 192 Å². The molecule has 4 N–H and O–H groups in total. The first kappa shape index (κ1) is 49.2. The smallest absolute Gasteiger partial charge is 0.224 e. The Hall–Kier alpha value is -3.40. The van der Waals surface area contributed by atoms with Gasteiger partial charge in [0.05, 0.1) is 18.9 Å². The fourth-order valence-electron chi connectivity index (χ4n) is 13.7. The van der Waals surface area contributed by atoms with E-state index < -0.39 is 0 Å². The maximum atomic E-state index is 10.3. The molecular weight excluding hydrogens is 861 g/mol. The first-order chi connectivity index (χ1) is 33.8. The van der Waals surface area contributed by atoms with Crippen LogP contribution in [0.5, 0.6) is 0 Å². The van der Waals surface area contributed by atoms with Crippen molar-refractivity contribution in [3.05, 3.63) is 35.9 Å². The third-order valence-corrected chi connectivity index (χ3v) is 17.8. The van der Waals surface area contributed by atoms with Crippen molar-refractivity contribution < 1.29 is 9.84 Å². The molecular formula is C55H88N12O2. The number of aliphatic hydroxyl groups is 1. The molecule has 0 spiro atoms. The standard InChI is InChI=1S/C55H88N12O2/c1-5-7-38(3)59-54-57-33-48-50(35-66(52(48)61-54)44-9-13-46(68)14-10-44)41-21-31-65(32-22-41)43-23-27-63(28-24-43)37-69-47-15-11-45(12-16-47)67-36-51(40-19-29-64(30-20-40)42-17-25-56-26-18-42)49-34-58-55(62-53(49)67)60-39(4)8-6-2/h33-36,38-47,56,68H,5-32,37H2,1-4H3,(H,57,59,61)(H,58,60,62)/t38-,39-,44?,45?,46?,47?/m0/s1. The largest absolute Gasteiger partial charge is 0.393 e. The summed E-state index contributed by atoms with van der Waals surface area (Å²) in [5, 5.41) is 23.5. The van der Waals surface area contributed by atoms with E-state index in [1.54, 1.807) is 0 Å². The highest BCUT2D eigenvalue weighted by Gasteiger charge is 2.34. The zero-order valence-corrected chi connectivity index (χ0v) is 43.0. The molecule has 8 heterocycles. The molecule has 4 aromatic rings. The number of piperidine rings is 4. The quantitative estimate of drug-likeness (QED) is 0.0803. The number of anilines is 2. The molecule has 2 atom stereocenters. The summed E-state index contributed by atoms with van der Waals surface area (Å²) in [6, 6.07) is 2.94. The van der Waals surface area contributed by atoms with Crippen molar-refractivity contribution in [3.63, 3.8) is 0 Å².